The zero-order chi connectivity index (χ0) is 17.7. The van der Waals surface area contributed by atoms with Crippen LogP contribution < -0.4 is 5.32 Å². The van der Waals surface area contributed by atoms with Crippen LogP contribution in [0.15, 0.2) is 11.2 Å². The lowest BCUT2D eigenvalue weighted by Gasteiger charge is -2.04. The van der Waals surface area contributed by atoms with Crippen LogP contribution in [0.2, 0.25) is 0 Å². The molecule has 5 nitrogen and oxygen atoms in total. The molecule has 2 rings (SSSR count). The molecule has 24 heavy (non-hydrogen) atoms. The lowest BCUT2D eigenvalue weighted by atomic mass is 10.2. The molecule has 126 valence electrons. The molecule has 0 aromatic carbocycles. The normalized spacial score (nSPS) is 10.5. The van der Waals surface area contributed by atoms with Gasteiger partial charge in [0.05, 0.1) is 5.56 Å². The van der Waals surface area contributed by atoms with Gasteiger partial charge < -0.3 is 5.32 Å². The maximum absolute atomic E-state index is 12.1. The Morgan fingerprint density at radius 3 is 2.58 bits per heavy atom. The Kier molecular flexibility index (Phi) is 6.35. The largest absolute Gasteiger partial charge is 0.317 e. The summed E-state index contributed by atoms with van der Waals surface area (Å²) in [5.41, 5.74) is 3.43. The number of nitriles is 1. The molecule has 0 spiro atoms. The monoisotopic (exact) mass is 360 g/mol. The van der Waals surface area contributed by atoms with Crippen LogP contribution in [0.25, 0.3) is 0 Å². The number of nitrogens with one attached hydrogen (secondary N) is 1. The van der Waals surface area contributed by atoms with Gasteiger partial charge in [0.25, 0.3) is 0 Å². The van der Waals surface area contributed by atoms with E-state index in [0.717, 1.165) is 39.2 Å². The quantitative estimate of drug-likeness (QED) is 0.475. The van der Waals surface area contributed by atoms with E-state index in [-0.39, 0.29) is 5.91 Å². The average Bonchev–Trinajstić information content (AvgIpc) is 2.76. The number of amides is 1. The third kappa shape index (κ3) is 4.79. The molecule has 0 radical (unpaired) electrons. The van der Waals surface area contributed by atoms with Crippen LogP contribution in [0.3, 0.4) is 0 Å². The maximum Gasteiger partial charge on any atom is 0.225 e. The summed E-state index contributed by atoms with van der Waals surface area (Å²) in [6.07, 6.45) is 1.15. The molecule has 7 heteroatoms. The first kappa shape index (κ1) is 18.4. The fourth-order valence-electron chi connectivity index (χ4n) is 2.19. The van der Waals surface area contributed by atoms with Crippen molar-refractivity contribution in [2.24, 2.45) is 0 Å². The van der Waals surface area contributed by atoms with Crippen LogP contribution in [-0.4, -0.2) is 21.6 Å². The molecule has 0 unspecified atom stereocenters. The Labute approximate surface area is 150 Å². The Balaban J connectivity index is 1.82. The molecule has 2 aromatic heterocycles. The first-order chi connectivity index (χ1) is 11.4. The van der Waals surface area contributed by atoms with E-state index in [4.69, 9.17) is 0 Å². The Morgan fingerprint density at radius 2 is 1.96 bits per heavy atom. The Bertz CT molecular complexity index is 772. The van der Waals surface area contributed by atoms with E-state index in [1.165, 1.54) is 11.3 Å². The first-order valence-corrected chi connectivity index (χ1v) is 9.46. The number of thioether (sulfide) groups is 1. The van der Waals surface area contributed by atoms with Gasteiger partial charge in [0.15, 0.2) is 5.16 Å². The molecule has 1 amide bonds. The van der Waals surface area contributed by atoms with Gasteiger partial charge in [-0.1, -0.05) is 11.8 Å². The zero-order valence-corrected chi connectivity index (χ0v) is 15.9. The number of rotatable bonds is 6. The molecule has 0 aliphatic heterocycles. The highest BCUT2D eigenvalue weighted by atomic mass is 32.2. The van der Waals surface area contributed by atoms with Gasteiger partial charge in [-0.15, -0.1) is 11.3 Å². The lowest BCUT2D eigenvalue weighted by Crippen LogP contribution is -2.11. The minimum atomic E-state index is -0.0605. The van der Waals surface area contributed by atoms with Crippen molar-refractivity contribution in [1.82, 2.24) is 9.97 Å². The molecule has 0 fully saturated rings. The third-order valence-corrected chi connectivity index (χ3v) is 5.55. The molecule has 1 N–H and O–H groups in total. The Morgan fingerprint density at radius 1 is 1.29 bits per heavy atom. The van der Waals surface area contributed by atoms with Crippen molar-refractivity contribution in [3.8, 4) is 6.07 Å². The minimum absolute atomic E-state index is 0.0605. The molecule has 0 bridgehead atoms. The topological polar surface area (TPSA) is 78.7 Å². The average molecular weight is 361 g/mol. The number of nitrogens with zero attached hydrogens (tertiary/aromatic N) is 3. The molecule has 0 aliphatic rings. The van der Waals surface area contributed by atoms with Crippen LogP contribution in [0.4, 0.5) is 5.00 Å². The van der Waals surface area contributed by atoms with Crippen molar-refractivity contribution in [2.75, 3.05) is 11.1 Å². The molecule has 0 atom stereocenters. The van der Waals surface area contributed by atoms with E-state index in [0.29, 0.717) is 17.0 Å². The Hall–Kier alpha value is -1.91. The summed E-state index contributed by atoms with van der Waals surface area (Å²) in [6, 6.07) is 4.10. The van der Waals surface area contributed by atoms with Crippen LogP contribution >= 0.6 is 23.1 Å². The standard InChI is InChI=1S/C17H20N4OS2/c1-10-8-11(2)20-17(19-10)23-7-5-6-15(22)21-16-14(9-18)12(3)13(4)24-16/h8H,5-7H2,1-4H3,(H,21,22). The van der Waals surface area contributed by atoms with E-state index >= 15 is 0 Å². The number of aromatic nitrogens is 2. The lowest BCUT2D eigenvalue weighted by molar-refractivity contribution is -0.116. The predicted molar refractivity (Wildman–Crippen MR) is 98.6 cm³/mol. The number of hydrogen-bond donors (Lipinski definition) is 1. The highest BCUT2D eigenvalue weighted by Crippen LogP contribution is 2.31. The maximum atomic E-state index is 12.1. The van der Waals surface area contributed by atoms with Crippen LogP contribution in [0.1, 0.15) is 40.2 Å². The second-order valence-corrected chi connectivity index (χ2v) is 7.82. The number of thiophene rings is 1. The smallest absolute Gasteiger partial charge is 0.225 e. The number of carbonyl (C=O) groups is 1. The first-order valence-electron chi connectivity index (χ1n) is 7.65. The summed E-state index contributed by atoms with van der Waals surface area (Å²) in [5, 5.41) is 13.5. The third-order valence-electron chi connectivity index (χ3n) is 3.49. The molecule has 0 saturated heterocycles. The van der Waals surface area contributed by atoms with Gasteiger partial charge in [-0.05, 0) is 45.7 Å². The summed E-state index contributed by atoms with van der Waals surface area (Å²) in [4.78, 5) is 21.9. The second kappa shape index (κ2) is 8.27. The zero-order valence-electron chi connectivity index (χ0n) is 14.3. The van der Waals surface area contributed by atoms with Crippen LogP contribution in [0.5, 0.6) is 0 Å². The van der Waals surface area contributed by atoms with Gasteiger partial charge in [0.1, 0.15) is 11.1 Å². The van der Waals surface area contributed by atoms with Crippen molar-refractivity contribution in [1.29, 1.82) is 5.26 Å². The molecule has 0 aliphatic carbocycles. The van der Waals surface area contributed by atoms with Crippen molar-refractivity contribution in [3.05, 3.63) is 33.5 Å². The van der Waals surface area contributed by atoms with Crippen molar-refractivity contribution in [2.45, 2.75) is 45.7 Å². The summed E-state index contributed by atoms with van der Waals surface area (Å²) in [5.74, 6) is 0.721. The number of carbonyl (C=O) groups excluding carboxylic acids is 1. The van der Waals surface area contributed by atoms with Crippen molar-refractivity contribution >= 4 is 34.0 Å². The fraction of sp³-hybridized carbons (Fsp3) is 0.412. The van der Waals surface area contributed by atoms with Gasteiger partial charge >= 0.3 is 0 Å². The van der Waals surface area contributed by atoms with Crippen LogP contribution in [0, 0.1) is 39.0 Å². The summed E-state index contributed by atoms with van der Waals surface area (Å²) >= 11 is 3.01. The predicted octanol–water partition coefficient (Wildman–Crippen LogP) is 4.15. The van der Waals surface area contributed by atoms with E-state index in [1.54, 1.807) is 11.8 Å². The molecular weight excluding hydrogens is 340 g/mol. The fourth-order valence-corrected chi connectivity index (χ4v) is 4.11. The molecular formula is C17H20N4OS2. The summed E-state index contributed by atoms with van der Waals surface area (Å²) in [7, 11) is 0. The molecule has 0 saturated carbocycles. The minimum Gasteiger partial charge on any atom is -0.317 e. The molecule has 2 heterocycles. The SMILES string of the molecule is Cc1cc(C)nc(SCCCC(=O)Nc2sc(C)c(C)c2C#N)n1. The highest BCUT2D eigenvalue weighted by molar-refractivity contribution is 7.99. The van der Waals surface area contributed by atoms with Crippen molar-refractivity contribution < 1.29 is 4.79 Å². The van der Waals surface area contributed by atoms with E-state index < -0.39 is 0 Å². The van der Waals surface area contributed by atoms with E-state index in [1.807, 2.05) is 33.8 Å². The van der Waals surface area contributed by atoms with Gasteiger partial charge in [0, 0.05) is 28.4 Å². The number of hydrogen-bond acceptors (Lipinski definition) is 6. The van der Waals surface area contributed by atoms with Gasteiger partial charge in [-0.25, -0.2) is 9.97 Å². The summed E-state index contributed by atoms with van der Waals surface area (Å²) in [6.45, 7) is 7.76. The number of anilines is 1. The molecule has 2 aromatic rings. The van der Waals surface area contributed by atoms with E-state index in [9.17, 15) is 10.1 Å². The summed E-state index contributed by atoms with van der Waals surface area (Å²) < 4.78 is 0. The number of aryl methyl sites for hydroxylation is 3. The van der Waals surface area contributed by atoms with Gasteiger partial charge in [0.2, 0.25) is 5.91 Å². The van der Waals surface area contributed by atoms with Crippen molar-refractivity contribution in [3.63, 3.8) is 0 Å². The van der Waals surface area contributed by atoms with Gasteiger partial charge in [-0.3, -0.25) is 4.79 Å². The highest BCUT2D eigenvalue weighted by Gasteiger charge is 2.14. The van der Waals surface area contributed by atoms with Crippen LogP contribution in [-0.2, 0) is 4.79 Å². The van der Waals surface area contributed by atoms with Gasteiger partial charge in [-0.2, -0.15) is 5.26 Å². The van der Waals surface area contributed by atoms with E-state index in [2.05, 4.69) is 21.4 Å². The second-order valence-electron chi connectivity index (χ2n) is 5.53.